The SMILES string of the molecule is CN1CCCNC(c2cccs2)C1=O. The van der Waals surface area contributed by atoms with Gasteiger partial charge in [-0.1, -0.05) is 6.07 Å². The Kier molecular flexibility index (Phi) is 2.84. The molecular weight excluding hydrogens is 196 g/mol. The first-order valence-corrected chi connectivity index (χ1v) is 5.69. The minimum atomic E-state index is -0.123. The molecule has 1 atom stereocenters. The summed E-state index contributed by atoms with van der Waals surface area (Å²) in [7, 11) is 1.87. The highest BCUT2D eigenvalue weighted by Gasteiger charge is 2.26. The van der Waals surface area contributed by atoms with E-state index in [1.54, 1.807) is 11.3 Å². The predicted molar refractivity (Wildman–Crippen MR) is 57.3 cm³/mol. The summed E-state index contributed by atoms with van der Waals surface area (Å²) in [5.74, 6) is 0.185. The molecule has 1 N–H and O–H groups in total. The second kappa shape index (κ2) is 4.11. The second-order valence-corrected chi connectivity index (χ2v) is 4.50. The molecule has 2 rings (SSSR count). The van der Waals surface area contributed by atoms with Gasteiger partial charge in [0.1, 0.15) is 6.04 Å². The highest BCUT2D eigenvalue weighted by molar-refractivity contribution is 7.10. The highest BCUT2D eigenvalue weighted by Crippen LogP contribution is 2.22. The van der Waals surface area contributed by atoms with Crippen LogP contribution in [0.5, 0.6) is 0 Å². The summed E-state index contributed by atoms with van der Waals surface area (Å²) in [6, 6.07) is 3.88. The van der Waals surface area contributed by atoms with E-state index in [9.17, 15) is 4.79 Å². The fraction of sp³-hybridized carbons (Fsp3) is 0.500. The van der Waals surface area contributed by atoms with Crippen LogP contribution in [0.2, 0.25) is 0 Å². The molecule has 1 aliphatic rings. The lowest BCUT2D eigenvalue weighted by Gasteiger charge is -2.18. The van der Waals surface area contributed by atoms with Gasteiger partial charge in [-0.15, -0.1) is 11.3 Å². The number of rotatable bonds is 1. The van der Waals surface area contributed by atoms with Crippen LogP contribution in [0.15, 0.2) is 17.5 Å². The van der Waals surface area contributed by atoms with Crippen molar-refractivity contribution in [2.75, 3.05) is 20.1 Å². The Labute approximate surface area is 87.7 Å². The lowest BCUT2D eigenvalue weighted by molar-refractivity contribution is -0.131. The molecule has 2 heterocycles. The average Bonchev–Trinajstić information content (AvgIpc) is 2.64. The number of hydrogen-bond acceptors (Lipinski definition) is 3. The summed E-state index contributed by atoms with van der Waals surface area (Å²) in [6.45, 7) is 1.77. The lowest BCUT2D eigenvalue weighted by atomic mass is 10.2. The quantitative estimate of drug-likeness (QED) is 0.756. The first-order valence-electron chi connectivity index (χ1n) is 4.81. The summed E-state index contributed by atoms with van der Waals surface area (Å²) in [5, 5.41) is 5.29. The maximum absolute atomic E-state index is 11.9. The van der Waals surface area contributed by atoms with Gasteiger partial charge >= 0.3 is 0 Å². The van der Waals surface area contributed by atoms with Gasteiger partial charge in [0.15, 0.2) is 0 Å². The molecule has 14 heavy (non-hydrogen) atoms. The van der Waals surface area contributed by atoms with Crippen LogP contribution in [0.25, 0.3) is 0 Å². The first-order chi connectivity index (χ1) is 6.79. The van der Waals surface area contributed by atoms with E-state index in [2.05, 4.69) is 5.32 Å². The number of carbonyl (C=O) groups is 1. The van der Waals surface area contributed by atoms with E-state index in [4.69, 9.17) is 0 Å². The van der Waals surface area contributed by atoms with Gasteiger partial charge in [0.25, 0.3) is 0 Å². The molecule has 4 heteroatoms. The standard InChI is InChI=1S/C10H14N2OS/c1-12-6-3-5-11-9(10(12)13)8-4-2-7-14-8/h2,4,7,9,11H,3,5-6H2,1H3. The topological polar surface area (TPSA) is 32.3 Å². The normalized spacial score (nSPS) is 23.6. The molecule has 0 aromatic carbocycles. The fourth-order valence-electron chi connectivity index (χ4n) is 1.66. The molecule has 3 nitrogen and oxygen atoms in total. The smallest absolute Gasteiger partial charge is 0.244 e. The largest absolute Gasteiger partial charge is 0.344 e. The van der Waals surface area contributed by atoms with E-state index < -0.39 is 0 Å². The number of nitrogens with one attached hydrogen (secondary N) is 1. The van der Waals surface area contributed by atoms with Crippen molar-refractivity contribution >= 4 is 17.2 Å². The highest BCUT2D eigenvalue weighted by atomic mass is 32.1. The third kappa shape index (κ3) is 1.81. The summed E-state index contributed by atoms with van der Waals surface area (Å²) >= 11 is 1.63. The van der Waals surface area contributed by atoms with Crippen LogP contribution in [0.3, 0.4) is 0 Å². The first kappa shape index (κ1) is 9.68. The summed E-state index contributed by atoms with van der Waals surface area (Å²) in [4.78, 5) is 14.8. The Balaban J connectivity index is 2.20. The van der Waals surface area contributed by atoms with Crippen LogP contribution >= 0.6 is 11.3 Å². The predicted octanol–water partition coefficient (Wildman–Crippen LogP) is 1.24. The average molecular weight is 210 g/mol. The van der Waals surface area contributed by atoms with Crippen molar-refractivity contribution < 1.29 is 4.79 Å². The molecule has 0 radical (unpaired) electrons. The summed E-state index contributed by atoms with van der Waals surface area (Å²) < 4.78 is 0. The zero-order valence-electron chi connectivity index (χ0n) is 8.19. The second-order valence-electron chi connectivity index (χ2n) is 3.52. The number of amides is 1. The minimum Gasteiger partial charge on any atom is -0.344 e. The molecular formula is C10H14N2OS. The molecule has 1 amide bonds. The lowest BCUT2D eigenvalue weighted by Crippen LogP contribution is -2.34. The molecule has 0 saturated carbocycles. The maximum atomic E-state index is 11.9. The molecule has 0 aliphatic carbocycles. The summed E-state index contributed by atoms with van der Waals surface area (Å²) in [5.41, 5.74) is 0. The van der Waals surface area contributed by atoms with Crippen molar-refractivity contribution in [2.24, 2.45) is 0 Å². The van der Waals surface area contributed by atoms with Crippen molar-refractivity contribution in [2.45, 2.75) is 12.5 Å². The number of hydrogen-bond donors (Lipinski definition) is 1. The number of carbonyl (C=O) groups excluding carboxylic acids is 1. The van der Waals surface area contributed by atoms with Crippen LogP contribution in [-0.4, -0.2) is 30.9 Å². The number of thiophene rings is 1. The van der Waals surface area contributed by atoms with Gasteiger partial charge in [-0.25, -0.2) is 0 Å². The monoisotopic (exact) mass is 210 g/mol. The molecule has 1 aromatic heterocycles. The van der Waals surface area contributed by atoms with E-state index in [1.807, 2.05) is 29.5 Å². The zero-order valence-corrected chi connectivity index (χ0v) is 9.01. The van der Waals surface area contributed by atoms with Crippen molar-refractivity contribution in [3.05, 3.63) is 22.4 Å². The van der Waals surface area contributed by atoms with E-state index >= 15 is 0 Å². The summed E-state index contributed by atoms with van der Waals surface area (Å²) in [6.07, 6.45) is 1.03. The van der Waals surface area contributed by atoms with Gasteiger partial charge in [0.2, 0.25) is 5.91 Å². The Bertz CT molecular complexity index is 310. The Morgan fingerprint density at radius 3 is 3.21 bits per heavy atom. The van der Waals surface area contributed by atoms with E-state index in [1.165, 1.54) is 0 Å². The molecule has 76 valence electrons. The number of nitrogens with zero attached hydrogens (tertiary/aromatic N) is 1. The van der Waals surface area contributed by atoms with Gasteiger partial charge in [-0.05, 0) is 24.4 Å². The fourth-order valence-corrected chi connectivity index (χ4v) is 2.45. The van der Waals surface area contributed by atoms with Gasteiger partial charge in [-0.2, -0.15) is 0 Å². The Morgan fingerprint density at radius 1 is 1.64 bits per heavy atom. The van der Waals surface area contributed by atoms with E-state index in [0.29, 0.717) is 0 Å². The van der Waals surface area contributed by atoms with Gasteiger partial charge in [0.05, 0.1) is 0 Å². The Hall–Kier alpha value is -0.870. The Morgan fingerprint density at radius 2 is 2.50 bits per heavy atom. The van der Waals surface area contributed by atoms with Gasteiger partial charge in [-0.3, -0.25) is 4.79 Å². The van der Waals surface area contributed by atoms with E-state index in [0.717, 1.165) is 24.4 Å². The molecule has 1 saturated heterocycles. The van der Waals surface area contributed by atoms with Crippen molar-refractivity contribution in [3.8, 4) is 0 Å². The van der Waals surface area contributed by atoms with E-state index in [-0.39, 0.29) is 11.9 Å². The molecule has 1 aliphatic heterocycles. The minimum absolute atomic E-state index is 0.123. The van der Waals surface area contributed by atoms with Crippen molar-refractivity contribution in [3.63, 3.8) is 0 Å². The molecule has 0 bridgehead atoms. The van der Waals surface area contributed by atoms with Crippen LogP contribution < -0.4 is 5.32 Å². The molecule has 1 unspecified atom stereocenters. The third-order valence-corrected chi connectivity index (χ3v) is 3.41. The van der Waals surface area contributed by atoms with Crippen molar-refractivity contribution in [1.29, 1.82) is 0 Å². The van der Waals surface area contributed by atoms with Gasteiger partial charge in [0, 0.05) is 18.5 Å². The molecule has 0 spiro atoms. The van der Waals surface area contributed by atoms with Crippen LogP contribution in [-0.2, 0) is 4.79 Å². The third-order valence-electron chi connectivity index (χ3n) is 2.47. The van der Waals surface area contributed by atoms with Crippen molar-refractivity contribution in [1.82, 2.24) is 10.2 Å². The van der Waals surface area contributed by atoms with Crippen LogP contribution in [0.1, 0.15) is 17.3 Å². The zero-order chi connectivity index (χ0) is 9.97. The van der Waals surface area contributed by atoms with Crippen LogP contribution in [0, 0.1) is 0 Å². The molecule has 1 fully saturated rings. The molecule has 1 aromatic rings. The van der Waals surface area contributed by atoms with Gasteiger partial charge < -0.3 is 10.2 Å². The maximum Gasteiger partial charge on any atom is 0.244 e. The number of likely N-dealkylation sites (N-methyl/N-ethyl adjacent to an activating group) is 1. The van der Waals surface area contributed by atoms with Crippen LogP contribution in [0.4, 0.5) is 0 Å².